The van der Waals surface area contributed by atoms with Crippen LogP contribution in [0.2, 0.25) is 0 Å². The average Bonchev–Trinajstić information content (AvgIpc) is 2.33. The summed E-state index contributed by atoms with van der Waals surface area (Å²) in [5.41, 5.74) is 0. The summed E-state index contributed by atoms with van der Waals surface area (Å²) in [4.78, 5) is 0. The third kappa shape index (κ3) is 2.67. The molecule has 3 unspecified atom stereocenters. The lowest BCUT2D eigenvalue weighted by Crippen LogP contribution is -2.12. The average molecular weight is 207 g/mol. The first-order valence-electron chi connectivity index (χ1n) is 4.64. The molecule has 0 aliphatic heterocycles. The van der Waals surface area contributed by atoms with Gasteiger partial charge in [-0.25, -0.2) is 0 Å². The normalized spacial score (nSPS) is 31.7. The van der Waals surface area contributed by atoms with Crippen LogP contribution in [0, 0.1) is 17.8 Å². The second-order valence-corrected chi connectivity index (χ2v) is 4.90. The van der Waals surface area contributed by atoms with Crippen molar-refractivity contribution in [2.24, 2.45) is 17.8 Å². The molecule has 0 spiro atoms. The highest BCUT2D eigenvalue weighted by Gasteiger charge is 2.27. The smallest absolute Gasteiger partial charge is 0.0712 e. The molecule has 1 saturated carbocycles. The lowest BCUT2D eigenvalue weighted by Gasteiger charge is -2.20. The minimum atomic E-state index is 0.418. The van der Waals surface area contributed by atoms with Crippen molar-refractivity contribution in [1.82, 2.24) is 0 Å². The van der Waals surface area contributed by atoms with Gasteiger partial charge < -0.3 is 0 Å². The van der Waals surface area contributed by atoms with E-state index in [9.17, 15) is 0 Å². The molecule has 3 atom stereocenters. The number of hydrogen-bond donors (Lipinski definition) is 0. The quantitative estimate of drug-likeness (QED) is 0.630. The molecular formula is C10H16Cl2. The molecule has 0 aromatic carbocycles. The van der Waals surface area contributed by atoms with E-state index < -0.39 is 0 Å². The molecule has 0 bridgehead atoms. The van der Waals surface area contributed by atoms with Crippen molar-refractivity contribution < 1.29 is 0 Å². The molecule has 0 aromatic rings. The van der Waals surface area contributed by atoms with Crippen molar-refractivity contribution in [3.05, 3.63) is 10.6 Å². The minimum Gasteiger partial charge on any atom is -0.0712 e. The number of rotatable bonds is 2. The van der Waals surface area contributed by atoms with Gasteiger partial charge in [-0.1, -0.05) is 56.0 Å². The van der Waals surface area contributed by atoms with Crippen LogP contribution in [0.1, 0.15) is 33.1 Å². The van der Waals surface area contributed by atoms with Crippen LogP contribution in [0.25, 0.3) is 0 Å². The standard InChI is InChI=1S/C10H16Cl2/c1-7-4-3-5-9(7)8(2)6-10(11)12/h6-9H,3-5H2,1-2H3. The van der Waals surface area contributed by atoms with Gasteiger partial charge in [0.05, 0.1) is 0 Å². The largest absolute Gasteiger partial charge is 0.103 e. The zero-order chi connectivity index (χ0) is 9.14. The highest BCUT2D eigenvalue weighted by Crippen LogP contribution is 2.37. The number of halogens is 2. The summed E-state index contributed by atoms with van der Waals surface area (Å²) >= 11 is 11.3. The van der Waals surface area contributed by atoms with Crippen LogP contribution >= 0.6 is 23.2 Å². The van der Waals surface area contributed by atoms with Gasteiger partial charge in [-0.3, -0.25) is 0 Å². The molecule has 70 valence electrons. The Labute approximate surface area is 84.9 Å². The first-order valence-corrected chi connectivity index (χ1v) is 5.39. The number of hydrogen-bond acceptors (Lipinski definition) is 0. The first-order chi connectivity index (χ1) is 5.61. The Morgan fingerprint density at radius 2 is 2.08 bits per heavy atom. The highest BCUT2D eigenvalue weighted by molar-refractivity contribution is 6.55. The fourth-order valence-electron chi connectivity index (χ4n) is 2.28. The Balaban J connectivity index is 2.51. The van der Waals surface area contributed by atoms with Gasteiger partial charge in [0, 0.05) is 0 Å². The Hall–Kier alpha value is 0.320. The van der Waals surface area contributed by atoms with Crippen LogP contribution in [0.5, 0.6) is 0 Å². The zero-order valence-electron chi connectivity index (χ0n) is 7.69. The van der Waals surface area contributed by atoms with Crippen molar-refractivity contribution in [1.29, 1.82) is 0 Å². The van der Waals surface area contributed by atoms with Crippen LogP contribution in [-0.2, 0) is 0 Å². The van der Waals surface area contributed by atoms with E-state index in [0.717, 1.165) is 11.8 Å². The predicted octanol–water partition coefficient (Wildman–Crippen LogP) is 4.38. The molecule has 12 heavy (non-hydrogen) atoms. The monoisotopic (exact) mass is 206 g/mol. The van der Waals surface area contributed by atoms with E-state index in [2.05, 4.69) is 13.8 Å². The van der Waals surface area contributed by atoms with Crippen molar-refractivity contribution in [2.45, 2.75) is 33.1 Å². The summed E-state index contributed by atoms with van der Waals surface area (Å²) in [6, 6.07) is 0. The fraction of sp³-hybridized carbons (Fsp3) is 0.800. The molecule has 1 aliphatic carbocycles. The second-order valence-electron chi connectivity index (χ2n) is 3.89. The topological polar surface area (TPSA) is 0 Å². The van der Waals surface area contributed by atoms with E-state index in [0.29, 0.717) is 10.4 Å². The Morgan fingerprint density at radius 1 is 1.42 bits per heavy atom. The summed E-state index contributed by atoms with van der Waals surface area (Å²) in [6.07, 6.45) is 6.03. The Bertz CT molecular complexity index is 171. The van der Waals surface area contributed by atoms with Crippen molar-refractivity contribution in [3.63, 3.8) is 0 Å². The van der Waals surface area contributed by atoms with Crippen molar-refractivity contribution in [3.8, 4) is 0 Å². The van der Waals surface area contributed by atoms with E-state index in [1.807, 2.05) is 6.08 Å². The van der Waals surface area contributed by atoms with Gasteiger partial charge in [0.2, 0.25) is 0 Å². The van der Waals surface area contributed by atoms with Gasteiger partial charge in [-0.15, -0.1) is 0 Å². The van der Waals surface area contributed by atoms with E-state index in [1.165, 1.54) is 19.3 Å². The number of allylic oxidation sites excluding steroid dienone is 1. The van der Waals surface area contributed by atoms with E-state index >= 15 is 0 Å². The molecule has 1 aliphatic rings. The maximum Gasteiger partial charge on any atom is 0.103 e. The predicted molar refractivity (Wildman–Crippen MR) is 55.5 cm³/mol. The maximum atomic E-state index is 5.63. The van der Waals surface area contributed by atoms with Gasteiger partial charge in [0.25, 0.3) is 0 Å². The Morgan fingerprint density at radius 3 is 2.50 bits per heavy atom. The lowest BCUT2D eigenvalue weighted by molar-refractivity contribution is 0.341. The lowest BCUT2D eigenvalue weighted by atomic mass is 9.86. The van der Waals surface area contributed by atoms with Crippen LogP contribution < -0.4 is 0 Å². The summed E-state index contributed by atoms with van der Waals surface area (Å²) in [7, 11) is 0. The van der Waals surface area contributed by atoms with Gasteiger partial charge in [-0.2, -0.15) is 0 Å². The van der Waals surface area contributed by atoms with Gasteiger partial charge >= 0.3 is 0 Å². The highest BCUT2D eigenvalue weighted by atomic mass is 35.5. The molecule has 1 fully saturated rings. The molecule has 0 nitrogen and oxygen atoms in total. The van der Waals surface area contributed by atoms with Crippen LogP contribution in [0.4, 0.5) is 0 Å². The summed E-state index contributed by atoms with van der Waals surface area (Å²) < 4.78 is 0.418. The third-order valence-corrected chi connectivity index (χ3v) is 3.24. The molecular weight excluding hydrogens is 191 g/mol. The van der Waals surface area contributed by atoms with E-state index in [1.54, 1.807) is 0 Å². The van der Waals surface area contributed by atoms with Crippen LogP contribution in [-0.4, -0.2) is 0 Å². The summed E-state index contributed by atoms with van der Waals surface area (Å²) in [5, 5.41) is 0. The van der Waals surface area contributed by atoms with Crippen LogP contribution in [0.3, 0.4) is 0 Å². The molecule has 2 heteroatoms. The molecule has 0 radical (unpaired) electrons. The molecule has 0 heterocycles. The molecule has 0 saturated heterocycles. The van der Waals surface area contributed by atoms with Crippen molar-refractivity contribution >= 4 is 23.2 Å². The maximum absolute atomic E-state index is 5.63. The summed E-state index contributed by atoms with van der Waals surface area (Å²) in [6.45, 7) is 4.53. The minimum absolute atomic E-state index is 0.418. The second kappa shape index (κ2) is 4.53. The summed E-state index contributed by atoms with van der Waals surface area (Å²) in [5.74, 6) is 2.16. The van der Waals surface area contributed by atoms with Gasteiger partial charge in [-0.05, 0) is 24.2 Å². The fourth-order valence-corrected chi connectivity index (χ4v) is 2.68. The van der Waals surface area contributed by atoms with E-state index in [-0.39, 0.29) is 0 Å². The van der Waals surface area contributed by atoms with E-state index in [4.69, 9.17) is 23.2 Å². The SMILES string of the molecule is CC(C=C(Cl)Cl)C1CCCC1C. The molecule has 0 amide bonds. The zero-order valence-corrected chi connectivity index (χ0v) is 9.20. The molecule has 0 N–H and O–H groups in total. The van der Waals surface area contributed by atoms with Gasteiger partial charge in [0.15, 0.2) is 0 Å². The van der Waals surface area contributed by atoms with Gasteiger partial charge in [0.1, 0.15) is 4.49 Å². The third-order valence-electron chi connectivity index (χ3n) is 2.99. The molecule has 0 aromatic heterocycles. The van der Waals surface area contributed by atoms with Crippen LogP contribution in [0.15, 0.2) is 10.6 Å². The van der Waals surface area contributed by atoms with Crippen molar-refractivity contribution in [2.75, 3.05) is 0 Å². The molecule has 1 rings (SSSR count). The Kier molecular flexibility index (Phi) is 3.92. The first kappa shape index (κ1) is 10.4.